The van der Waals surface area contributed by atoms with E-state index in [2.05, 4.69) is 5.16 Å². The number of rotatable bonds is 3. The first-order chi connectivity index (χ1) is 13.5. The molecule has 1 saturated heterocycles. The largest absolute Gasteiger partial charge is 0.361 e. The minimum absolute atomic E-state index is 0.203. The molecule has 1 aromatic heterocycles. The number of hydrogen-bond acceptors (Lipinski definition) is 7. The van der Waals surface area contributed by atoms with E-state index < -0.39 is 23.7 Å². The average Bonchev–Trinajstić information content (AvgIpc) is 3.25. The number of hydroxylamine groups is 2. The van der Waals surface area contributed by atoms with Crippen LogP contribution in [0.5, 0.6) is 0 Å². The molecular formula is C19H17N3O6. The van der Waals surface area contributed by atoms with Gasteiger partial charge in [0.15, 0.2) is 0 Å². The third-order valence-electron chi connectivity index (χ3n) is 5.03. The maximum absolute atomic E-state index is 12.5. The Morgan fingerprint density at radius 2 is 1.71 bits per heavy atom. The van der Waals surface area contributed by atoms with Crippen LogP contribution in [0, 0.1) is 12.8 Å². The second-order valence-corrected chi connectivity index (χ2v) is 6.72. The van der Waals surface area contributed by atoms with Crippen molar-refractivity contribution in [3.05, 3.63) is 52.9 Å². The van der Waals surface area contributed by atoms with E-state index in [1.54, 1.807) is 24.0 Å². The van der Waals surface area contributed by atoms with Crippen LogP contribution in [0.1, 0.15) is 49.7 Å². The number of piperidine rings is 1. The molecule has 0 radical (unpaired) electrons. The Hall–Kier alpha value is -3.49. The van der Waals surface area contributed by atoms with E-state index in [9.17, 15) is 19.2 Å². The highest BCUT2D eigenvalue weighted by atomic mass is 16.7. The van der Waals surface area contributed by atoms with Crippen LogP contribution in [0.2, 0.25) is 0 Å². The zero-order valence-electron chi connectivity index (χ0n) is 15.1. The monoisotopic (exact) mass is 383 g/mol. The van der Waals surface area contributed by atoms with Crippen LogP contribution in [0.25, 0.3) is 0 Å². The molecule has 9 heteroatoms. The summed E-state index contributed by atoms with van der Waals surface area (Å²) in [6.45, 7) is 2.36. The molecule has 9 nitrogen and oxygen atoms in total. The van der Waals surface area contributed by atoms with Crippen LogP contribution in [-0.2, 0) is 9.63 Å². The van der Waals surface area contributed by atoms with Crippen molar-refractivity contribution in [3.63, 3.8) is 0 Å². The van der Waals surface area contributed by atoms with Gasteiger partial charge in [-0.2, -0.15) is 0 Å². The molecule has 1 fully saturated rings. The lowest BCUT2D eigenvalue weighted by molar-refractivity contribution is -0.175. The first-order valence-electron chi connectivity index (χ1n) is 8.87. The van der Waals surface area contributed by atoms with Crippen LogP contribution < -0.4 is 0 Å². The smallest absolute Gasteiger partial charge is 0.336 e. The number of carbonyl (C=O) groups is 4. The number of fused-ring (bicyclic) bond motifs is 1. The van der Waals surface area contributed by atoms with Crippen molar-refractivity contribution < 1.29 is 28.5 Å². The maximum Gasteiger partial charge on any atom is 0.336 e. The average molecular weight is 383 g/mol. The molecule has 1 aromatic carbocycles. The van der Waals surface area contributed by atoms with Crippen molar-refractivity contribution in [1.29, 1.82) is 0 Å². The van der Waals surface area contributed by atoms with Gasteiger partial charge in [-0.15, -0.1) is 0 Å². The van der Waals surface area contributed by atoms with Gasteiger partial charge in [-0.05, 0) is 31.9 Å². The molecule has 4 rings (SSSR count). The Kier molecular flexibility index (Phi) is 4.42. The summed E-state index contributed by atoms with van der Waals surface area (Å²) in [5, 5.41) is 4.12. The van der Waals surface area contributed by atoms with Crippen molar-refractivity contribution in [2.24, 2.45) is 5.92 Å². The van der Waals surface area contributed by atoms with Gasteiger partial charge in [-0.3, -0.25) is 14.4 Å². The predicted molar refractivity (Wildman–Crippen MR) is 92.9 cm³/mol. The van der Waals surface area contributed by atoms with Crippen molar-refractivity contribution in [2.45, 2.75) is 19.8 Å². The summed E-state index contributed by atoms with van der Waals surface area (Å²) < 4.78 is 4.92. The molecule has 2 aliphatic rings. The van der Waals surface area contributed by atoms with Gasteiger partial charge in [0.05, 0.1) is 23.2 Å². The standard InChI is InChI=1S/C19H17N3O6/c1-11-15(10-20-27-11)16(23)21-8-6-12(7-9-21)19(26)28-22-17(24)13-4-2-3-5-14(13)18(22)25/h2-5,10,12H,6-9H2,1H3. The number of imide groups is 1. The van der Waals surface area contributed by atoms with Gasteiger partial charge in [0.1, 0.15) is 11.3 Å². The fourth-order valence-corrected chi connectivity index (χ4v) is 3.41. The number of nitrogens with zero attached hydrogens (tertiary/aromatic N) is 3. The molecule has 0 unspecified atom stereocenters. The normalized spacial score (nSPS) is 17.0. The van der Waals surface area contributed by atoms with Gasteiger partial charge in [0.25, 0.3) is 17.7 Å². The number of aromatic nitrogens is 1. The van der Waals surface area contributed by atoms with E-state index in [0.29, 0.717) is 42.3 Å². The lowest BCUT2D eigenvalue weighted by Gasteiger charge is -2.31. The van der Waals surface area contributed by atoms with Crippen LogP contribution in [0.3, 0.4) is 0 Å². The van der Waals surface area contributed by atoms with Crippen molar-refractivity contribution in [1.82, 2.24) is 15.1 Å². The number of benzene rings is 1. The Labute approximate surface area is 159 Å². The zero-order valence-corrected chi connectivity index (χ0v) is 15.1. The van der Waals surface area contributed by atoms with Crippen molar-refractivity contribution in [2.75, 3.05) is 13.1 Å². The van der Waals surface area contributed by atoms with Gasteiger partial charge < -0.3 is 14.3 Å². The Balaban J connectivity index is 1.36. The second kappa shape index (κ2) is 6.91. The molecule has 28 heavy (non-hydrogen) atoms. The van der Waals surface area contributed by atoms with E-state index >= 15 is 0 Å². The van der Waals surface area contributed by atoms with Crippen LogP contribution in [-0.4, -0.2) is 51.9 Å². The summed E-state index contributed by atoms with van der Waals surface area (Å²) >= 11 is 0. The van der Waals surface area contributed by atoms with Gasteiger partial charge >= 0.3 is 5.97 Å². The fourth-order valence-electron chi connectivity index (χ4n) is 3.41. The number of aryl methyl sites for hydroxylation is 1. The number of carbonyl (C=O) groups excluding carboxylic acids is 4. The zero-order chi connectivity index (χ0) is 19.8. The third kappa shape index (κ3) is 2.94. The second-order valence-electron chi connectivity index (χ2n) is 6.72. The molecule has 144 valence electrons. The third-order valence-corrected chi connectivity index (χ3v) is 5.03. The summed E-state index contributed by atoms with van der Waals surface area (Å²) in [6, 6.07) is 6.30. The summed E-state index contributed by atoms with van der Waals surface area (Å²) in [4.78, 5) is 56.2. The molecule has 0 N–H and O–H groups in total. The van der Waals surface area contributed by atoms with E-state index in [4.69, 9.17) is 9.36 Å². The van der Waals surface area contributed by atoms with Gasteiger partial charge in [-0.25, -0.2) is 4.79 Å². The van der Waals surface area contributed by atoms with Gasteiger partial charge in [0.2, 0.25) is 0 Å². The Bertz CT molecular complexity index is 939. The highest BCUT2D eigenvalue weighted by molar-refractivity contribution is 6.20. The molecular weight excluding hydrogens is 366 g/mol. The van der Waals surface area contributed by atoms with E-state index in [1.807, 2.05) is 0 Å². The van der Waals surface area contributed by atoms with E-state index in [0.717, 1.165) is 0 Å². The van der Waals surface area contributed by atoms with Gasteiger partial charge in [-0.1, -0.05) is 22.4 Å². The molecule has 0 spiro atoms. The molecule has 0 bridgehead atoms. The van der Waals surface area contributed by atoms with Crippen molar-refractivity contribution >= 4 is 23.7 Å². The fraction of sp³-hybridized carbons (Fsp3) is 0.316. The summed E-state index contributed by atoms with van der Waals surface area (Å²) in [7, 11) is 0. The van der Waals surface area contributed by atoms with E-state index in [1.165, 1.54) is 18.3 Å². The van der Waals surface area contributed by atoms with E-state index in [-0.39, 0.29) is 17.0 Å². The number of hydrogen-bond donors (Lipinski definition) is 0. The first-order valence-corrected chi connectivity index (χ1v) is 8.87. The number of amides is 3. The van der Waals surface area contributed by atoms with Crippen molar-refractivity contribution in [3.8, 4) is 0 Å². The molecule has 0 saturated carbocycles. The number of likely N-dealkylation sites (tertiary alicyclic amines) is 1. The molecule has 0 atom stereocenters. The lowest BCUT2D eigenvalue weighted by atomic mass is 9.96. The molecule has 2 aromatic rings. The van der Waals surface area contributed by atoms with Gasteiger partial charge in [0, 0.05) is 13.1 Å². The molecule has 2 aliphatic heterocycles. The summed E-state index contributed by atoms with van der Waals surface area (Å²) in [5.41, 5.74) is 0.821. The van der Waals surface area contributed by atoms with Crippen LogP contribution in [0.4, 0.5) is 0 Å². The molecule has 0 aliphatic carbocycles. The maximum atomic E-state index is 12.5. The highest BCUT2D eigenvalue weighted by Crippen LogP contribution is 2.26. The molecule has 3 amide bonds. The topological polar surface area (TPSA) is 110 Å². The molecule has 3 heterocycles. The predicted octanol–water partition coefficient (Wildman–Crippen LogP) is 1.59. The summed E-state index contributed by atoms with van der Waals surface area (Å²) in [6.07, 6.45) is 2.12. The minimum Gasteiger partial charge on any atom is -0.361 e. The summed E-state index contributed by atoms with van der Waals surface area (Å²) in [5.74, 6) is -2.21. The minimum atomic E-state index is -0.650. The van der Waals surface area contributed by atoms with Crippen LogP contribution in [0.15, 0.2) is 35.0 Å². The Morgan fingerprint density at radius 1 is 1.11 bits per heavy atom. The SMILES string of the molecule is Cc1oncc1C(=O)N1CCC(C(=O)ON2C(=O)c3ccccc3C2=O)CC1. The highest BCUT2D eigenvalue weighted by Gasteiger charge is 2.40. The van der Waals surface area contributed by atoms with Crippen LogP contribution >= 0.6 is 0 Å². The Morgan fingerprint density at radius 3 is 2.25 bits per heavy atom. The first kappa shape index (κ1) is 17.9. The lowest BCUT2D eigenvalue weighted by Crippen LogP contribution is -2.42. The quantitative estimate of drug-likeness (QED) is 0.740.